The number of primary amides is 1. The molecule has 1 heterocycles. The number of benzene rings is 1. The van der Waals surface area contributed by atoms with Gasteiger partial charge in [0.25, 0.3) is 5.91 Å². The lowest BCUT2D eigenvalue weighted by Crippen LogP contribution is -2.61. The van der Waals surface area contributed by atoms with Crippen molar-refractivity contribution in [3.05, 3.63) is 35.4 Å². The molecule has 0 bridgehead atoms. The van der Waals surface area contributed by atoms with E-state index in [1.165, 1.54) is 4.90 Å². The van der Waals surface area contributed by atoms with Gasteiger partial charge in [-0.1, -0.05) is 57.9 Å². The van der Waals surface area contributed by atoms with Crippen molar-refractivity contribution in [3.63, 3.8) is 0 Å². The van der Waals surface area contributed by atoms with Gasteiger partial charge in [-0.15, -0.1) is 23.2 Å². The minimum Gasteiger partial charge on any atom is -0.480 e. The van der Waals surface area contributed by atoms with Gasteiger partial charge < -0.3 is 31.7 Å². The van der Waals surface area contributed by atoms with Crippen LogP contribution in [0.3, 0.4) is 0 Å². The number of urea groups is 1. The lowest BCUT2D eigenvalue weighted by atomic mass is 9.87. The molecule has 12 nitrogen and oxygen atoms in total. The zero-order valence-electron chi connectivity index (χ0n) is 25.3. The number of nitrogens with zero attached hydrogens (tertiary/aromatic N) is 1. The second-order valence-electron chi connectivity index (χ2n) is 13.9. The molecule has 5 amide bonds. The summed E-state index contributed by atoms with van der Waals surface area (Å²) in [7, 11) is 0. The summed E-state index contributed by atoms with van der Waals surface area (Å²) in [4.78, 5) is 79.1. The van der Waals surface area contributed by atoms with Gasteiger partial charge in [-0.3, -0.25) is 19.2 Å². The number of likely N-dealkylation sites (tertiary alicyclic amines) is 1. The highest BCUT2D eigenvalue weighted by Gasteiger charge is 2.74. The zero-order chi connectivity index (χ0) is 33.0. The van der Waals surface area contributed by atoms with Crippen LogP contribution in [0, 0.1) is 29.1 Å². The quantitative estimate of drug-likeness (QED) is 0.175. The number of nitrogens with one attached hydrogen (secondary N) is 3. The highest BCUT2D eigenvalue weighted by atomic mass is 35.5. The summed E-state index contributed by atoms with van der Waals surface area (Å²) >= 11 is 13.0. The number of hydrogen-bond donors (Lipinski definition) is 5. The first-order valence-corrected chi connectivity index (χ1v) is 15.9. The number of nitrogens with two attached hydrogens (primary N) is 1. The number of rotatable bonds is 11. The highest BCUT2D eigenvalue weighted by molar-refractivity contribution is 6.51. The SMILES string of the molecule is CC(C)(C)[C@H](NC(=O)N[C@H](C(=O)N1C[C@H]2[C@@H]([C@H]1C(=O)NC(CC1CC1)C(=O)C(N)=O)C2(Cl)Cl)C1Cc2ccccc2C1)C(=O)O. The van der Waals surface area contributed by atoms with Gasteiger partial charge >= 0.3 is 12.0 Å². The maximum absolute atomic E-state index is 14.4. The molecule has 244 valence electrons. The van der Waals surface area contributed by atoms with Crippen LogP contribution in [-0.4, -0.2) is 80.6 Å². The van der Waals surface area contributed by atoms with Crippen LogP contribution in [0.25, 0.3) is 0 Å². The van der Waals surface area contributed by atoms with Crippen molar-refractivity contribution in [1.82, 2.24) is 20.9 Å². The number of amides is 5. The van der Waals surface area contributed by atoms with E-state index in [0.29, 0.717) is 12.8 Å². The Kier molecular flexibility index (Phi) is 8.87. The predicted octanol–water partition coefficient (Wildman–Crippen LogP) is 1.54. The minimum atomic E-state index is -1.27. The number of hydrogen-bond acceptors (Lipinski definition) is 6. The van der Waals surface area contributed by atoms with E-state index in [0.717, 1.165) is 24.0 Å². The largest absolute Gasteiger partial charge is 0.480 e. The van der Waals surface area contributed by atoms with Gasteiger partial charge in [-0.2, -0.15) is 0 Å². The Balaban J connectivity index is 1.41. The van der Waals surface area contributed by atoms with Crippen molar-refractivity contribution in [2.75, 3.05) is 6.54 Å². The Hall–Kier alpha value is -3.38. The van der Waals surface area contributed by atoms with E-state index in [9.17, 15) is 33.9 Å². The molecule has 6 N–H and O–H groups in total. The minimum absolute atomic E-state index is 0.0326. The van der Waals surface area contributed by atoms with Gasteiger partial charge in [0, 0.05) is 18.4 Å². The van der Waals surface area contributed by atoms with Crippen molar-refractivity contribution in [2.45, 2.75) is 81.4 Å². The first kappa shape index (κ1) is 33.0. The lowest BCUT2D eigenvalue weighted by molar-refractivity contribution is -0.143. The smallest absolute Gasteiger partial charge is 0.326 e. The summed E-state index contributed by atoms with van der Waals surface area (Å²) in [5.74, 6) is -5.84. The van der Waals surface area contributed by atoms with Gasteiger partial charge in [0.2, 0.25) is 17.6 Å². The summed E-state index contributed by atoms with van der Waals surface area (Å²) in [6, 6.07) is 2.15. The molecular weight excluding hydrogens is 625 g/mol. The van der Waals surface area contributed by atoms with Crippen molar-refractivity contribution < 1.29 is 33.9 Å². The van der Waals surface area contributed by atoms with E-state index in [1.807, 2.05) is 24.3 Å². The van der Waals surface area contributed by atoms with E-state index < -0.39 is 87.2 Å². The Morgan fingerprint density at radius 2 is 1.62 bits per heavy atom. The van der Waals surface area contributed by atoms with Gasteiger partial charge in [-0.05, 0) is 47.6 Å². The van der Waals surface area contributed by atoms with Gasteiger partial charge in [0.05, 0.1) is 6.04 Å². The Bertz CT molecular complexity index is 1400. The molecule has 45 heavy (non-hydrogen) atoms. The molecule has 3 aliphatic carbocycles. The third kappa shape index (κ3) is 6.77. The van der Waals surface area contributed by atoms with Gasteiger partial charge in [0.1, 0.15) is 22.5 Å². The summed E-state index contributed by atoms with van der Waals surface area (Å²) < 4.78 is -1.27. The summed E-state index contributed by atoms with van der Waals surface area (Å²) in [5.41, 5.74) is 6.48. The number of carbonyl (C=O) groups excluding carboxylic acids is 5. The first-order valence-electron chi connectivity index (χ1n) is 15.2. The number of aliphatic carboxylic acids is 1. The Morgan fingerprint density at radius 3 is 2.13 bits per heavy atom. The second kappa shape index (κ2) is 12.1. The molecule has 1 aliphatic heterocycles. The van der Waals surface area contributed by atoms with Crippen LogP contribution in [0.4, 0.5) is 4.79 Å². The van der Waals surface area contributed by atoms with E-state index >= 15 is 0 Å². The molecule has 1 aromatic rings. The van der Waals surface area contributed by atoms with E-state index in [1.54, 1.807) is 20.8 Å². The van der Waals surface area contributed by atoms with Crippen LogP contribution in [0.2, 0.25) is 0 Å². The molecule has 5 rings (SSSR count). The van der Waals surface area contributed by atoms with Gasteiger partial charge in [-0.25, -0.2) is 9.59 Å². The molecule has 6 atom stereocenters. The van der Waals surface area contributed by atoms with Crippen molar-refractivity contribution in [2.24, 2.45) is 34.8 Å². The average molecular weight is 665 g/mol. The number of carboxylic acids is 1. The third-order valence-electron chi connectivity index (χ3n) is 9.52. The number of ketones is 1. The zero-order valence-corrected chi connectivity index (χ0v) is 26.9. The van der Waals surface area contributed by atoms with Crippen LogP contribution >= 0.6 is 23.2 Å². The van der Waals surface area contributed by atoms with Crippen LogP contribution in [0.5, 0.6) is 0 Å². The standard InChI is InChI=1S/C31H39Cl2N5O7/c1-30(2,3)24(28(43)44)37-29(45)36-21(17-11-15-6-4-5-7-16(15)12-17)27(42)38-13-18-20(31(18,32)33)22(38)26(41)35-19(10-14-8-9-14)23(39)25(34)40/h4-7,14,17-22,24H,8-13H2,1-3H3,(H2,34,40)(H,35,41)(H,43,44)(H2,36,37,45)/t18-,19?,20-,21-,22-,24+/m0/s1. The summed E-state index contributed by atoms with van der Waals surface area (Å²) in [5, 5.41) is 17.6. The first-order chi connectivity index (χ1) is 21.0. The number of piperidine rings is 1. The maximum Gasteiger partial charge on any atom is 0.326 e. The molecule has 1 saturated heterocycles. The average Bonchev–Trinajstić information content (AvgIpc) is 3.70. The molecule has 1 unspecified atom stereocenters. The number of fused-ring (bicyclic) bond motifs is 2. The Morgan fingerprint density at radius 1 is 1.02 bits per heavy atom. The maximum atomic E-state index is 14.4. The van der Waals surface area contributed by atoms with E-state index in [-0.39, 0.29) is 18.9 Å². The van der Waals surface area contributed by atoms with Crippen molar-refractivity contribution in [3.8, 4) is 0 Å². The number of Topliss-reactive ketones (excluding diaryl/α,β-unsaturated/α-hetero) is 1. The third-order valence-corrected chi connectivity index (χ3v) is 10.6. The van der Waals surface area contributed by atoms with Crippen LogP contribution < -0.4 is 21.7 Å². The lowest BCUT2D eigenvalue weighted by Gasteiger charge is -2.35. The number of halogens is 2. The molecule has 14 heteroatoms. The van der Waals surface area contributed by atoms with Crippen LogP contribution in [0.1, 0.15) is 51.2 Å². The summed E-state index contributed by atoms with van der Waals surface area (Å²) in [6.07, 6.45) is 2.91. The number of carbonyl (C=O) groups is 6. The molecule has 1 aromatic carbocycles. The molecule has 0 radical (unpaired) electrons. The fraction of sp³-hybridized carbons (Fsp3) is 0.613. The normalized spacial score (nSPS) is 25.3. The van der Waals surface area contributed by atoms with Crippen molar-refractivity contribution >= 4 is 58.7 Å². The number of carboxylic acid groups (broad SMARTS) is 1. The number of alkyl halides is 2. The molecule has 4 aliphatic rings. The van der Waals surface area contributed by atoms with E-state index in [2.05, 4.69) is 16.0 Å². The second-order valence-corrected chi connectivity index (χ2v) is 15.3. The van der Waals surface area contributed by atoms with Gasteiger partial charge in [0.15, 0.2) is 0 Å². The van der Waals surface area contributed by atoms with Crippen LogP contribution in [-0.2, 0) is 36.8 Å². The van der Waals surface area contributed by atoms with Crippen molar-refractivity contribution in [1.29, 1.82) is 0 Å². The molecule has 0 spiro atoms. The van der Waals surface area contributed by atoms with Crippen LogP contribution in [0.15, 0.2) is 24.3 Å². The van der Waals surface area contributed by atoms with E-state index in [4.69, 9.17) is 28.9 Å². The predicted molar refractivity (Wildman–Crippen MR) is 164 cm³/mol. The fourth-order valence-electron chi connectivity index (χ4n) is 6.83. The molecule has 0 aromatic heterocycles. The topological polar surface area (TPSA) is 188 Å². The molecular formula is C31H39Cl2N5O7. The summed E-state index contributed by atoms with van der Waals surface area (Å²) in [6.45, 7) is 5.05. The monoisotopic (exact) mass is 663 g/mol. The fourth-order valence-corrected chi connectivity index (χ4v) is 7.66. The molecule has 2 saturated carbocycles. The molecule has 3 fully saturated rings. The Labute approximate surface area is 271 Å². The highest BCUT2D eigenvalue weighted by Crippen LogP contribution is 2.65.